The third kappa shape index (κ3) is 3.24. The molecule has 1 aromatic heterocycles. The number of ether oxygens (including phenoxy) is 2. The zero-order valence-electron chi connectivity index (χ0n) is 14.9. The van der Waals surface area contributed by atoms with Gasteiger partial charge in [-0.25, -0.2) is 0 Å². The molecule has 1 amide bonds. The Hall–Kier alpha value is -2.96. The van der Waals surface area contributed by atoms with E-state index in [4.69, 9.17) is 13.9 Å². The van der Waals surface area contributed by atoms with Gasteiger partial charge in [0.25, 0.3) is 5.91 Å². The van der Waals surface area contributed by atoms with E-state index in [-0.39, 0.29) is 18.1 Å². The molecule has 0 saturated heterocycles. The molecule has 1 N–H and O–H groups in total. The number of fused-ring (bicyclic) bond motifs is 1. The van der Waals surface area contributed by atoms with Gasteiger partial charge in [-0.1, -0.05) is 0 Å². The maximum atomic E-state index is 12.9. The largest absolute Gasteiger partial charge is 0.493 e. The Kier molecular flexibility index (Phi) is 4.88. The van der Waals surface area contributed by atoms with Crippen LogP contribution in [0.2, 0.25) is 0 Å². The molecule has 0 bridgehead atoms. The van der Waals surface area contributed by atoms with Gasteiger partial charge in [-0.15, -0.1) is 0 Å². The van der Waals surface area contributed by atoms with Gasteiger partial charge < -0.3 is 23.9 Å². The van der Waals surface area contributed by atoms with Crippen LogP contribution in [0.25, 0.3) is 0 Å². The van der Waals surface area contributed by atoms with Crippen molar-refractivity contribution in [2.45, 2.75) is 25.8 Å². The number of furan rings is 1. The smallest absolute Gasteiger partial charge is 0.305 e. The minimum absolute atomic E-state index is 0.200. The van der Waals surface area contributed by atoms with Gasteiger partial charge in [0.2, 0.25) is 0 Å². The Balaban J connectivity index is 2.03. The summed E-state index contributed by atoms with van der Waals surface area (Å²) in [5.74, 6) is 0.635. The first kappa shape index (κ1) is 17.8. The number of rotatable bonds is 5. The third-order valence-electron chi connectivity index (χ3n) is 4.58. The van der Waals surface area contributed by atoms with E-state index < -0.39 is 12.0 Å². The van der Waals surface area contributed by atoms with Gasteiger partial charge in [0.1, 0.15) is 5.76 Å². The Morgan fingerprint density at radius 1 is 1.23 bits per heavy atom. The lowest BCUT2D eigenvalue weighted by Crippen LogP contribution is -2.41. The number of aryl methyl sites for hydroxylation is 1. The second-order valence-corrected chi connectivity index (χ2v) is 6.18. The molecule has 1 aliphatic rings. The predicted molar refractivity (Wildman–Crippen MR) is 92.7 cm³/mol. The minimum atomic E-state index is -0.980. The molecule has 2 aromatic rings. The standard InChI is InChI=1S/C19H21NO6/c1-11-4-5-15(26-11)19(23)20-7-6-12-8-16(24-2)17(25-3)9-13(12)14(20)10-18(21)22/h4-5,8-9,14H,6-7,10H2,1-3H3,(H,21,22)/t14-/m0/s1. The molecule has 0 fully saturated rings. The van der Waals surface area contributed by atoms with Crippen molar-refractivity contribution in [1.82, 2.24) is 4.90 Å². The van der Waals surface area contributed by atoms with Gasteiger partial charge in [-0.3, -0.25) is 9.59 Å². The Labute approximate surface area is 151 Å². The lowest BCUT2D eigenvalue weighted by Gasteiger charge is -2.36. The highest BCUT2D eigenvalue weighted by Crippen LogP contribution is 2.40. The molecular weight excluding hydrogens is 338 g/mol. The summed E-state index contributed by atoms with van der Waals surface area (Å²) < 4.78 is 16.1. The molecular formula is C19H21NO6. The van der Waals surface area contributed by atoms with Crippen molar-refractivity contribution < 1.29 is 28.6 Å². The first-order valence-corrected chi connectivity index (χ1v) is 8.28. The number of hydrogen-bond donors (Lipinski definition) is 1. The quantitative estimate of drug-likeness (QED) is 0.883. The van der Waals surface area contributed by atoms with Crippen molar-refractivity contribution in [2.24, 2.45) is 0 Å². The van der Waals surface area contributed by atoms with Crippen LogP contribution in [-0.4, -0.2) is 42.6 Å². The van der Waals surface area contributed by atoms with Gasteiger partial charge in [0.15, 0.2) is 17.3 Å². The van der Waals surface area contributed by atoms with Crippen LogP contribution in [0.5, 0.6) is 11.5 Å². The first-order valence-electron chi connectivity index (χ1n) is 8.28. The molecule has 138 valence electrons. The Morgan fingerprint density at radius 2 is 1.92 bits per heavy atom. The molecule has 7 nitrogen and oxygen atoms in total. The maximum absolute atomic E-state index is 12.9. The van der Waals surface area contributed by atoms with E-state index in [0.717, 1.165) is 11.1 Å². The van der Waals surface area contributed by atoms with Crippen LogP contribution in [-0.2, 0) is 11.2 Å². The number of carbonyl (C=O) groups is 2. The minimum Gasteiger partial charge on any atom is -0.493 e. The van der Waals surface area contributed by atoms with Crippen LogP contribution in [0.4, 0.5) is 0 Å². The number of aliphatic carboxylic acids is 1. The average molecular weight is 359 g/mol. The van der Waals surface area contributed by atoms with Crippen molar-refractivity contribution in [3.05, 3.63) is 46.9 Å². The molecule has 1 aromatic carbocycles. The summed E-state index contributed by atoms with van der Waals surface area (Å²) in [5.41, 5.74) is 1.71. The summed E-state index contributed by atoms with van der Waals surface area (Å²) in [6, 6.07) is 6.33. The second kappa shape index (κ2) is 7.11. The van der Waals surface area contributed by atoms with Gasteiger partial charge in [0.05, 0.1) is 26.7 Å². The summed E-state index contributed by atoms with van der Waals surface area (Å²) >= 11 is 0. The van der Waals surface area contributed by atoms with E-state index in [9.17, 15) is 14.7 Å². The van der Waals surface area contributed by atoms with E-state index in [1.807, 2.05) is 6.07 Å². The molecule has 0 aliphatic carbocycles. The van der Waals surface area contributed by atoms with E-state index >= 15 is 0 Å². The number of benzene rings is 1. The zero-order valence-corrected chi connectivity index (χ0v) is 14.9. The fraction of sp³-hybridized carbons (Fsp3) is 0.368. The predicted octanol–water partition coefficient (Wildman–Crippen LogP) is 2.82. The highest BCUT2D eigenvalue weighted by Gasteiger charge is 2.35. The fourth-order valence-corrected chi connectivity index (χ4v) is 3.35. The first-order chi connectivity index (χ1) is 12.4. The molecule has 1 atom stereocenters. The number of amides is 1. The van der Waals surface area contributed by atoms with Crippen LogP contribution >= 0.6 is 0 Å². The monoisotopic (exact) mass is 359 g/mol. The lowest BCUT2D eigenvalue weighted by molar-refractivity contribution is -0.138. The summed E-state index contributed by atoms with van der Waals surface area (Å²) in [6.45, 7) is 2.16. The van der Waals surface area contributed by atoms with Gasteiger partial charge >= 0.3 is 5.97 Å². The molecule has 0 saturated carbocycles. The highest BCUT2D eigenvalue weighted by atomic mass is 16.5. The molecule has 0 radical (unpaired) electrons. The Morgan fingerprint density at radius 3 is 2.50 bits per heavy atom. The summed E-state index contributed by atoms with van der Waals surface area (Å²) in [7, 11) is 3.07. The number of carboxylic acid groups (broad SMARTS) is 1. The summed E-state index contributed by atoms with van der Waals surface area (Å²) in [5, 5.41) is 9.38. The van der Waals surface area contributed by atoms with Crippen LogP contribution in [0.1, 0.15) is 39.9 Å². The van der Waals surface area contributed by atoms with Gasteiger partial charge in [0, 0.05) is 6.54 Å². The topological polar surface area (TPSA) is 89.2 Å². The number of methoxy groups -OCH3 is 2. The van der Waals surface area contributed by atoms with Crippen LogP contribution in [0.3, 0.4) is 0 Å². The summed E-state index contributed by atoms with van der Waals surface area (Å²) in [4.78, 5) is 25.9. The average Bonchev–Trinajstić information content (AvgIpc) is 3.06. The van der Waals surface area contributed by atoms with Crippen LogP contribution in [0.15, 0.2) is 28.7 Å². The second-order valence-electron chi connectivity index (χ2n) is 6.18. The van der Waals surface area contributed by atoms with E-state index in [1.165, 1.54) is 7.11 Å². The molecule has 3 rings (SSSR count). The fourth-order valence-electron chi connectivity index (χ4n) is 3.35. The maximum Gasteiger partial charge on any atom is 0.305 e. The van der Waals surface area contributed by atoms with E-state index in [2.05, 4.69) is 0 Å². The van der Waals surface area contributed by atoms with E-state index in [1.54, 1.807) is 37.1 Å². The zero-order chi connectivity index (χ0) is 18.8. The summed E-state index contributed by atoms with van der Waals surface area (Å²) in [6.07, 6.45) is 0.394. The number of hydrogen-bond acceptors (Lipinski definition) is 5. The van der Waals surface area contributed by atoms with Gasteiger partial charge in [-0.05, 0) is 48.7 Å². The number of carboxylic acids is 1. The van der Waals surface area contributed by atoms with Crippen molar-refractivity contribution in [2.75, 3.05) is 20.8 Å². The number of nitrogens with zero attached hydrogens (tertiary/aromatic N) is 1. The van der Waals surface area contributed by atoms with Crippen LogP contribution in [0, 0.1) is 6.92 Å². The highest BCUT2D eigenvalue weighted by molar-refractivity contribution is 5.92. The molecule has 0 unspecified atom stereocenters. The Bertz CT molecular complexity index is 841. The van der Waals surface area contributed by atoms with Crippen molar-refractivity contribution in [3.63, 3.8) is 0 Å². The normalized spacial score (nSPS) is 16.1. The van der Waals surface area contributed by atoms with Crippen molar-refractivity contribution in [3.8, 4) is 11.5 Å². The van der Waals surface area contributed by atoms with Crippen molar-refractivity contribution >= 4 is 11.9 Å². The molecule has 2 heterocycles. The molecule has 7 heteroatoms. The third-order valence-corrected chi connectivity index (χ3v) is 4.58. The van der Waals surface area contributed by atoms with Crippen LogP contribution < -0.4 is 9.47 Å². The molecule has 1 aliphatic heterocycles. The van der Waals surface area contributed by atoms with Gasteiger partial charge in [-0.2, -0.15) is 0 Å². The number of carbonyl (C=O) groups excluding carboxylic acids is 1. The molecule has 0 spiro atoms. The van der Waals surface area contributed by atoms with E-state index in [0.29, 0.717) is 30.2 Å². The molecule has 26 heavy (non-hydrogen) atoms. The SMILES string of the molecule is COc1cc2c(cc1OC)[C@H](CC(=O)O)N(C(=O)c1ccc(C)o1)CC2. The lowest BCUT2D eigenvalue weighted by atomic mass is 9.89. The van der Waals surface area contributed by atoms with Crippen molar-refractivity contribution in [1.29, 1.82) is 0 Å².